The van der Waals surface area contributed by atoms with Gasteiger partial charge < -0.3 is 18.9 Å². The molecule has 0 fully saturated rings. The number of esters is 2. The van der Waals surface area contributed by atoms with Crippen molar-refractivity contribution in [3.63, 3.8) is 0 Å². The van der Waals surface area contributed by atoms with Crippen LogP contribution in [0, 0.1) is 0 Å². The number of rotatable bonds is 71. The SMILES string of the molecule is CC/C=C\C/C=C\C/C=C\C/C=C\CCCCCCCCCCCCCCCCCCC(=O)OC(COC(=O)CCCCCCCCCCCCCCCCCCCCCCCCC/C=C\CCCCCCCCCC)COP(=O)(O)OCC[N+](C)(C)C. The molecule has 9 nitrogen and oxygen atoms in total. The lowest BCUT2D eigenvalue weighted by atomic mass is 10.0. The molecule has 0 bridgehead atoms. The predicted molar refractivity (Wildman–Crippen MR) is 381 cm³/mol. The number of phosphoric acid groups is 1. The summed E-state index contributed by atoms with van der Waals surface area (Å²) in [6.07, 6.45) is 92.1. The van der Waals surface area contributed by atoms with E-state index in [-0.39, 0.29) is 25.6 Å². The molecule has 10 heteroatoms. The smallest absolute Gasteiger partial charge is 0.462 e. The number of unbranched alkanes of at least 4 members (excludes halogenated alkanes) is 47. The third-order valence-corrected chi connectivity index (χ3v) is 18.0. The first kappa shape index (κ1) is 85.7. The van der Waals surface area contributed by atoms with Crippen LogP contribution in [0.4, 0.5) is 0 Å². The topological polar surface area (TPSA) is 108 Å². The number of hydrogen-bond acceptors (Lipinski definition) is 7. The van der Waals surface area contributed by atoms with Crippen molar-refractivity contribution in [2.45, 2.75) is 380 Å². The van der Waals surface area contributed by atoms with Crippen molar-refractivity contribution in [2.75, 3.05) is 47.5 Å². The highest BCUT2D eigenvalue weighted by Crippen LogP contribution is 2.43. The number of likely N-dealkylation sites (N-methyl/N-ethyl adjacent to an activating group) is 1. The average molecular weight is 1260 g/mol. The summed E-state index contributed by atoms with van der Waals surface area (Å²) < 4.78 is 34.8. The molecule has 1 N–H and O–H groups in total. The van der Waals surface area contributed by atoms with Gasteiger partial charge in [0.25, 0.3) is 0 Å². The van der Waals surface area contributed by atoms with Gasteiger partial charge in [-0.05, 0) is 77.0 Å². The van der Waals surface area contributed by atoms with E-state index in [2.05, 4.69) is 74.6 Å². The van der Waals surface area contributed by atoms with Crippen LogP contribution in [-0.2, 0) is 32.7 Å². The molecule has 2 atom stereocenters. The molecule has 0 radical (unpaired) electrons. The van der Waals surface area contributed by atoms with Crippen molar-refractivity contribution >= 4 is 19.8 Å². The minimum Gasteiger partial charge on any atom is -0.462 e. The quantitative estimate of drug-likeness (QED) is 0.0211. The highest BCUT2D eigenvalue weighted by Gasteiger charge is 2.27. The minimum atomic E-state index is -4.39. The predicted octanol–water partition coefficient (Wildman–Crippen LogP) is 24.9. The van der Waals surface area contributed by atoms with Gasteiger partial charge in [-0.2, -0.15) is 0 Å². The van der Waals surface area contributed by atoms with E-state index in [1.807, 2.05) is 21.1 Å². The van der Waals surface area contributed by atoms with Gasteiger partial charge in [-0.25, -0.2) is 4.57 Å². The van der Waals surface area contributed by atoms with Crippen LogP contribution in [-0.4, -0.2) is 74.9 Å². The first-order valence-electron chi connectivity index (χ1n) is 38.0. The van der Waals surface area contributed by atoms with Gasteiger partial charge in [0.05, 0.1) is 27.7 Å². The number of nitrogens with zero attached hydrogens (tertiary/aromatic N) is 1. The lowest BCUT2D eigenvalue weighted by Crippen LogP contribution is -2.37. The van der Waals surface area contributed by atoms with Crippen molar-refractivity contribution in [1.29, 1.82) is 0 Å². The van der Waals surface area contributed by atoms with Crippen LogP contribution in [0.15, 0.2) is 60.8 Å². The molecular formula is C78H147NO8P+. The van der Waals surface area contributed by atoms with Crippen LogP contribution in [0.5, 0.6) is 0 Å². The van der Waals surface area contributed by atoms with Crippen molar-refractivity contribution in [2.24, 2.45) is 0 Å². The number of quaternary nitrogens is 1. The summed E-state index contributed by atoms with van der Waals surface area (Å²) in [7, 11) is 1.49. The fourth-order valence-electron chi connectivity index (χ4n) is 11.2. The van der Waals surface area contributed by atoms with Gasteiger partial charge in [-0.3, -0.25) is 18.6 Å². The maximum absolute atomic E-state index is 12.9. The average Bonchev–Trinajstić information content (AvgIpc) is 3.68. The summed E-state index contributed by atoms with van der Waals surface area (Å²) in [5.41, 5.74) is 0. The van der Waals surface area contributed by atoms with Crippen molar-refractivity contribution < 1.29 is 42.1 Å². The molecule has 88 heavy (non-hydrogen) atoms. The van der Waals surface area contributed by atoms with Crippen molar-refractivity contribution in [1.82, 2.24) is 0 Å². The molecule has 0 aromatic rings. The summed E-state index contributed by atoms with van der Waals surface area (Å²) in [6.45, 7) is 4.38. The van der Waals surface area contributed by atoms with Gasteiger partial charge in [0.2, 0.25) is 0 Å². The van der Waals surface area contributed by atoms with E-state index in [1.165, 1.54) is 283 Å². The maximum Gasteiger partial charge on any atom is 0.472 e. The molecule has 0 amide bonds. The molecule has 0 saturated heterocycles. The monoisotopic (exact) mass is 1260 g/mol. The number of allylic oxidation sites excluding steroid dienone is 10. The normalized spacial score (nSPS) is 13.4. The molecule has 0 aliphatic carbocycles. The number of phosphoric ester groups is 1. The molecule has 0 saturated carbocycles. The number of ether oxygens (including phenoxy) is 2. The Bertz CT molecular complexity index is 1670. The zero-order chi connectivity index (χ0) is 64.1. The summed E-state index contributed by atoms with van der Waals surface area (Å²) in [5, 5.41) is 0. The molecule has 0 spiro atoms. The van der Waals surface area contributed by atoms with E-state index < -0.39 is 26.5 Å². The van der Waals surface area contributed by atoms with Gasteiger partial charge in [0, 0.05) is 12.8 Å². The second-order valence-corrected chi connectivity index (χ2v) is 28.5. The fraction of sp³-hybridized carbons (Fsp3) is 0.846. The van der Waals surface area contributed by atoms with Crippen molar-refractivity contribution in [3.8, 4) is 0 Å². The van der Waals surface area contributed by atoms with Crippen LogP contribution in [0.3, 0.4) is 0 Å². The highest BCUT2D eigenvalue weighted by atomic mass is 31.2. The minimum absolute atomic E-state index is 0.0330. The number of carbonyl (C=O) groups excluding carboxylic acids is 2. The van der Waals surface area contributed by atoms with E-state index in [9.17, 15) is 19.0 Å². The van der Waals surface area contributed by atoms with Crippen LogP contribution < -0.4 is 0 Å². The lowest BCUT2D eigenvalue weighted by Gasteiger charge is -2.24. The van der Waals surface area contributed by atoms with E-state index in [1.54, 1.807) is 0 Å². The molecule has 2 unspecified atom stereocenters. The summed E-state index contributed by atoms with van der Waals surface area (Å²) in [6, 6.07) is 0. The molecular weight excluding hydrogens is 1110 g/mol. The Morgan fingerprint density at radius 1 is 0.364 bits per heavy atom. The zero-order valence-corrected chi connectivity index (χ0v) is 59.9. The van der Waals surface area contributed by atoms with Crippen LogP contribution in [0.25, 0.3) is 0 Å². The van der Waals surface area contributed by atoms with Gasteiger partial charge in [0.15, 0.2) is 6.10 Å². The van der Waals surface area contributed by atoms with Crippen LogP contribution in [0.2, 0.25) is 0 Å². The molecule has 516 valence electrons. The number of carbonyl (C=O) groups is 2. The standard InChI is InChI=1S/C78H146NO8P/c1-6-8-10-12-14-16-18-20-22-24-26-28-30-32-34-36-37-38-39-40-41-43-44-46-48-50-52-54-56-58-60-62-64-66-68-70-77(80)84-74-76(75-86-88(82,83)85-73-72-79(3,4)5)87-78(81)71-69-67-65-63-61-59-57-55-53-51-49-47-45-42-35-33-31-29-27-25-23-21-19-17-15-13-11-9-7-2/h9,11,15,17,21,23-24,26-27,29,76H,6-8,10,12-14,16,18-20,22,25,28,30-75H2,1-5H3/p+1/b11-9-,17-15-,23-21-,26-24-,29-27-. The largest absolute Gasteiger partial charge is 0.472 e. The number of hydrogen-bond donors (Lipinski definition) is 1. The Kier molecular flexibility index (Phi) is 67.3. The zero-order valence-electron chi connectivity index (χ0n) is 59.0. The van der Waals surface area contributed by atoms with Crippen LogP contribution >= 0.6 is 7.82 Å². The summed E-state index contributed by atoms with van der Waals surface area (Å²) in [5.74, 6) is -0.778. The Balaban J connectivity index is 3.94. The first-order valence-corrected chi connectivity index (χ1v) is 39.5. The molecule has 0 heterocycles. The molecule has 0 aromatic heterocycles. The third kappa shape index (κ3) is 72.8. The maximum atomic E-state index is 12.9. The molecule has 0 rings (SSSR count). The van der Waals surface area contributed by atoms with Gasteiger partial charge >= 0.3 is 19.8 Å². The molecule has 0 aromatic carbocycles. The van der Waals surface area contributed by atoms with Crippen LogP contribution in [0.1, 0.15) is 373 Å². The van der Waals surface area contributed by atoms with E-state index in [0.29, 0.717) is 23.9 Å². The van der Waals surface area contributed by atoms with Crippen molar-refractivity contribution in [3.05, 3.63) is 60.8 Å². The third-order valence-electron chi connectivity index (χ3n) is 17.0. The van der Waals surface area contributed by atoms with E-state index in [4.69, 9.17) is 18.5 Å². The first-order chi connectivity index (χ1) is 43.0. The Hall–Kier alpha value is -2.29. The van der Waals surface area contributed by atoms with Gasteiger partial charge in [-0.1, -0.05) is 344 Å². The highest BCUT2D eigenvalue weighted by molar-refractivity contribution is 7.47. The summed E-state index contributed by atoms with van der Waals surface area (Å²) in [4.78, 5) is 35.9. The molecule has 0 aliphatic heterocycles. The second kappa shape index (κ2) is 69.1. The summed E-state index contributed by atoms with van der Waals surface area (Å²) >= 11 is 0. The Labute approximate surface area is 546 Å². The van der Waals surface area contributed by atoms with Gasteiger partial charge in [-0.15, -0.1) is 0 Å². The van der Waals surface area contributed by atoms with E-state index in [0.717, 1.165) is 57.8 Å². The Morgan fingerprint density at radius 3 is 0.977 bits per heavy atom. The van der Waals surface area contributed by atoms with Gasteiger partial charge in [0.1, 0.15) is 19.8 Å². The molecule has 0 aliphatic rings. The lowest BCUT2D eigenvalue weighted by molar-refractivity contribution is -0.870. The fourth-order valence-corrected chi connectivity index (χ4v) is 12.0. The Morgan fingerprint density at radius 2 is 0.648 bits per heavy atom. The second-order valence-electron chi connectivity index (χ2n) is 27.0. The van der Waals surface area contributed by atoms with E-state index >= 15 is 0 Å².